The maximum Gasteiger partial charge on any atom is 0.338 e. The van der Waals surface area contributed by atoms with E-state index in [0.717, 1.165) is 16.3 Å². The Morgan fingerprint density at radius 1 is 0.940 bits per heavy atom. The Morgan fingerprint density at radius 2 is 1.74 bits per heavy atom. The topological polar surface area (TPSA) is 146 Å². The van der Waals surface area contributed by atoms with Crippen LogP contribution in [-0.4, -0.2) is 51.1 Å². The molecular weight excluding hydrogens is 708 g/mol. The molecule has 13 heteroatoms. The van der Waals surface area contributed by atoms with Crippen LogP contribution in [0.5, 0.6) is 23.0 Å². The maximum atomic E-state index is 12.7. The molecule has 1 atom stereocenters. The van der Waals surface area contributed by atoms with E-state index in [1.165, 1.54) is 13.3 Å². The summed E-state index contributed by atoms with van der Waals surface area (Å²) in [6.45, 7) is 5.80. The summed E-state index contributed by atoms with van der Waals surface area (Å²) >= 11 is 3.59. The van der Waals surface area contributed by atoms with Crippen molar-refractivity contribution in [2.75, 3.05) is 26.9 Å². The fourth-order valence-corrected chi connectivity index (χ4v) is 5.97. The van der Waals surface area contributed by atoms with Crippen molar-refractivity contribution in [1.82, 2.24) is 16.1 Å². The second-order valence-corrected chi connectivity index (χ2v) is 11.8. The summed E-state index contributed by atoms with van der Waals surface area (Å²) in [7, 11) is 1.44. The van der Waals surface area contributed by atoms with Gasteiger partial charge < -0.3 is 34.3 Å². The normalized spacial score (nSPS) is 14.2. The Kier molecular flexibility index (Phi) is 11.9. The zero-order valence-corrected chi connectivity index (χ0v) is 29.6. The molecule has 0 radical (unpaired) electrons. The number of benzene rings is 4. The van der Waals surface area contributed by atoms with Gasteiger partial charge in [-0.25, -0.2) is 15.0 Å². The molecule has 3 amide bonds. The van der Waals surface area contributed by atoms with Crippen molar-refractivity contribution in [1.29, 1.82) is 0 Å². The van der Waals surface area contributed by atoms with Crippen molar-refractivity contribution in [2.45, 2.75) is 33.4 Å². The second-order valence-electron chi connectivity index (χ2n) is 11.0. The number of carbonyl (C=O) groups is 3. The molecule has 4 aromatic rings. The van der Waals surface area contributed by atoms with Gasteiger partial charge in [0, 0.05) is 5.70 Å². The number of hydrazone groups is 1. The van der Waals surface area contributed by atoms with E-state index in [-0.39, 0.29) is 24.5 Å². The first-order valence-electron chi connectivity index (χ1n) is 15.9. The summed E-state index contributed by atoms with van der Waals surface area (Å²) in [5.74, 6) is 0.585. The van der Waals surface area contributed by atoms with Gasteiger partial charge in [0.15, 0.2) is 29.6 Å². The summed E-state index contributed by atoms with van der Waals surface area (Å²) in [5, 5.41) is 11.7. The minimum Gasteiger partial charge on any atom is -0.493 e. The lowest BCUT2D eigenvalue weighted by Gasteiger charge is -2.28. The third-order valence-electron chi connectivity index (χ3n) is 7.63. The smallest absolute Gasteiger partial charge is 0.338 e. The first kappa shape index (κ1) is 35.7. The number of carbonyl (C=O) groups excluding carboxylic acids is 3. The van der Waals surface area contributed by atoms with Crippen LogP contribution in [0.3, 0.4) is 0 Å². The number of amides is 3. The average molecular weight is 746 g/mol. The summed E-state index contributed by atoms with van der Waals surface area (Å²) in [5.41, 5.74) is 5.38. The second kappa shape index (κ2) is 16.7. The molecule has 0 aliphatic carbocycles. The molecule has 12 nitrogen and oxygen atoms in total. The molecule has 0 unspecified atom stereocenters. The van der Waals surface area contributed by atoms with Gasteiger partial charge in [0.2, 0.25) is 0 Å². The van der Waals surface area contributed by atoms with Crippen molar-refractivity contribution in [3.8, 4) is 23.0 Å². The van der Waals surface area contributed by atoms with Crippen molar-refractivity contribution in [3.63, 3.8) is 0 Å². The highest BCUT2D eigenvalue weighted by molar-refractivity contribution is 9.10. The van der Waals surface area contributed by atoms with Crippen LogP contribution in [0, 0.1) is 0 Å². The van der Waals surface area contributed by atoms with Gasteiger partial charge in [-0.05, 0) is 88.4 Å². The van der Waals surface area contributed by atoms with E-state index >= 15 is 0 Å². The number of halogens is 1. The quantitative estimate of drug-likeness (QED) is 0.0774. The molecule has 0 aromatic heterocycles. The number of methoxy groups -OCH3 is 1. The van der Waals surface area contributed by atoms with E-state index in [9.17, 15) is 14.4 Å². The number of nitrogens with one attached hydrogen (secondary N) is 3. The SMILES string of the molecule is CCOC(=O)C1=C(C)NC(=O)N[C@H]1c1ccc(OCC(=O)N/N=C\c2cc(Br)c(OCc3cccc4ccccc34)c(OCC)c2)c(OC)c1. The van der Waals surface area contributed by atoms with Crippen LogP contribution < -0.4 is 35.0 Å². The summed E-state index contributed by atoms with van der Waals surface area (Å²) in [6, 6.07) is 21.5. The number of urea groups is 1. The molecule has 1 aliphatic heterocycles. The standard InChI is InChI=1S/C37H37BrN4O8/c1-5-47-31-17-23(16-28(38)35(31)50-20-26-12-9-11-24-10-7-8-13-27(24)26)19-39-42-32(43)21-49-29-15-14-25(18-30(29)46-4)34-33(36(44)48-6-2)22(3)40-37(45)41-34/h7-19,34H,5-6,20-21H2,1-4H3,(H,42,43)(H2,40,41,45)/b39-19-/t34-/m0/s1. The average Bonchev–Trinajstić information content (AvgIpc) is 3.10. The Morgan fingerprint density at radius 3 is 2.52 bits per heavy atom. The molecular formula is C37H37BrN4O8. The number of esters is 1. The highest BCUT2D eigenvalue weighted by atomic mass is 79.9. The third-order valence-corrected chi connectivity index (χ3v) is 8.22. The fourth-order valence-electron chi connectivity index (χ4n) is 5.39. The van der Waals surface area contributed by atoms with E-state index < -0.39 is 23.9 Å². The number of fused-ring (bicyclic) bond motifs is 1. The Hall–Kier alpha value is -5.56. The summed E-state index contributed by atoms with van der Waals surface area (Å²) in [6.07, 6.45) is 1.49. The van der Waals surface area contributed by atoms with Crippen LogP contribution in [0.25, 0.3) is 10.8 Å². The van der Waals surface area contributed by atoms with Crippen molar-refractivity contribution < 1.29 is 38.1 Å². The Balaban J connectivity index is 1.21. The van der Waals surface area contributed by atoms with Gasteiger partial charge >= 0.3 is 12.0 Å². The highest BCUT2D eigenvalue weighted by Crippen LogP contribution is 2.38. The fraction of sp³-hybridized carbons (Fsp3) is 0.243. The molecule has 0 fully saturated rings. The Labute approximate surface area is 297 Å². The van der Waals surface area contributed by atoms with Crippen LogP contribution in [0.15, 0.2) is 93.6 Å². The minimum absolute atomic E-state index is 0.179. The molecule has 1 aliphatic rings. The van der Waals surface area contributed by atoms with Gasteiger partial charge in [-0.3, -0.25) is 4.79 Å². The number of hydrogen-bond acceptors (Lipinski definition) is 9. The third kappa shape index (κ3) is 8.53. The van der Waals surface area contributed by atoms with Crippen LogP contribution >= 0.6 is 15.9 Å². The molecule has 3 N–H and O–H groups in total. The molecule has 0 bridgehead atoms. The number of ether oxygens (including phenoxy) is 5. The molecule has 5 rings (SSSR count). The zero-order valence-electron chi connectivity index (χ0n) is 28.0. The molecule has 0 saturated heterocycles. The lowest BCUT2D eigenvalue weighted by molar-refractivity contribution is -0.139. The lowest BCUT2D eigenvalue weighted by atomic mass is 9.95. The number of nitrogens with zero attached hydrogens (tertiary/aromatic N) is 1. The van der Waals surface area contributed by atoms with Crippen molar-refractivity contribution in [3.05, 3.63) is 105 Å². The predicted molar refractivity (Wildman–Crippen MR) is 192 cm³/mol. The van der Waals surface area contributed by atoms with Gasteiger partial charge in [-0.2, -0.15) is 5.10 Å². The van der Waals surface area contributed by atoms with E-state index in [4.69, 9.17) is 23.7 Å². The largest absolute Gasteiger partial charge is 0.493 e. The molecule has 0 spiro atoms. The molecule has 50 heavy (non-hydrogen) atoms. The van der Waals surface area contributed by atoms with E-state index in [1.807, 2.05) is 37.3 Å². The first-order chi connectivity index (χ1) is 24.2. The van der Waals surface area contributed by atoms with Gasteiger partial charge in [-0.1, -0.05) is 48.5 Å². The summed E-state index contributed by atoms with van der Waals surface area (Å²) < 4.78 is 29.2. The van der Waals surface area contributed by atoms with Crippen LogP contribution in [-0.2, 0) is 20.9 Å². The first-order valence-corrected chi connectivity index (χ1v) is 16.6. The summed E-state index contributed by atoms with van der Waals surface area (Å²) in [4.78, 5) is 37.5. The maximum absolute atomic E-state index is 12.7. The lowest BCUT2D eigenvalue weighted by Crippen LogP contribution is -2.45. The van der Waals surface area contributed by atoms with Crippen LogP contribution in [0.2, 0.25) is 0 Å². The van der Waals surface area contributed by atoms with E-state index in [1.54, 1.807) is 38.1 Å². The zero-order chi connectivity index (χ0) is 35.6. The van der Waals surface area contributed by atoms with Gasteiger partial charge in [0.05, 0.1) is 42.6 Å². The minimum atomic E-state index is -0.781. The van der Waals surface area contributed by atoms with E-state index in [2.05, 4.69) is 55.3 Å². The van der Waals surface area contributed by atoms with Gasteiger partial charge in [-0.15, -0.1) is 0 Å². The molecule has 4 aromatic carbocycles. The number of allylic oxidation sites excluding steroid dienone is 1. The van der Waals surface area contributed by atoms with Crippen molar-refractivity contribution >= 4 is 50.8 Å². The van der Waals surface area contributed by atoms with Crippen LogP contribution in [0.4, 0.5) is 4.79 Å². The predicted octanol–water partition coefficient (Wildman–Crippen LogP) is 6.31. The monoisotopic (exact) mass is 744 g/mol. The van der Waals surface area contributed by atoms with Crippen molar-refractivity contribution in [2.24, 2.45) is 5.10 Å². The number of rotatable bonds is 14. The molecule has 0 saturated carbocycles. The number of hydrogen-bond donors (Lipinski definition) is 3. The van der Waals surface area contributed by atoms with Gasteiger partial charge in [0.1, 0.15) is 6.61 Å². The van der Waals surface area contributed by atoms with E-state index in [0.29, 0.717) is 51.8 Å². The van der Waals surface area contributed by atoms with Gasteiger partial charge in [0.25, 0.3) is 5.91 Å². The Bertz CT molecular complexity index is 1960. The highest BCUT2D eigenvalue weighted by Gasteiger charge is 2.32. The molecule has 1 heterocycles. The molecule has 260 valence electrons. The van der Waals surface area contributed by atoms with Crippen LogP contribution in [0.1, 0.15) is 43.5 Å².